The molecule has 0 saturated carbocycles. The minimum atomic E-state index is -3.52. The number of thiophene rings is 1. The van der Waals surface area contributed by atoms with Crippen LogP contribution in [-0.4, -0.2) is 31.8 Å². The summed E-state index contributed by atoms with van der Waals surface area (Å²) in [6, 6.07) is 5.33. The Kier molecular flexibility index (Phi) is 5.50. The highest BCUT2D eigenvalue weighted by Crippen LogP contribution is 2.33. The van der Waals surface area contributed by atoms with Crippen LogP contribution < -0.4 is 5.32 Å². The number of halogens is 1. The standard InChI is InChI=1S/C13H16BrN3O2S2/c1-15-8-11-7-12(13(14)20-11)21(18,19)17(2)9-10-3-5-16-6-4-10/h3-7,15H,8-9H2,1-2H3. The fraction of sp³-hybridized carbons (Fsp3) is 0.308. The van der Waals surface area contributed by atoms with Crippen molar-refractivity contribution in [3.8, 4) is 0 Å². The van der Waals surface area contributed by atoms with Gasteiger partial charge in [-0.1, -0.05) is 0 Å². The molecule has 0 fully saturated rings. The monoisotopic (exact) mass is 389 g/mol. The van der Waals surface area contributed by atoms with E-state index in [0.717, 1.165) is 10.4 Å². The molecule has 2 aromatic rings. The highest BCUT2D eigenvalue weighted by atomic mass is 79.9. The zero-order valence-electron chi connectivity index (χ0n) is 11.7. The van der Waals surface area contributed by atoms with Crippen LogP contribution >= 0.6 is 27.3 Å². The Bertz CT molecular complexity index is 701. The van der Waals surface area contributed by atoms with E-state index in [1.165, 1.54) is 15.6 Å². The molecule has 0 aliphatic rings. The van der Waals surface area contributed by atoms with Crippen molar-refractivity contribution in [1.29, 1.82) is 0 Å². The average molecular weight is 390 g/mol. The minimum Gasteiger partial charge on any atom is -0.315 e. The van der Waals surface area contributed by atoms with Crippen LogP contribution in [0.15, 0.2) is 39.3 Å². The summed E-state index contributed by atoms with van der Waals surface area (Å²) < 4.78 is 27.3. The summed E-state index contributed by atoms with van der Waals surface area (Å²) in [7, 11) is -0.105. The predicted octanol–water partition coefficient (Wildman–Crippen LogP) is 2.45. The van der Waals surface area contributed by atoms with E-state index in [0.29, 0.717) is 21.8 Å². The second-order valence-electron chi connectivity index (χ2n) is 4.50. The molecule has 0 bridgehead atoms. The third kappa shape index (κ3) is 3.89. The fourth-order valence-electron chi connectivity index (χ4n) is 1.83. The predicted molar refractivity (Wildman–Crippen MR) is 87.7 cm³/mol. The Labute approximate surface area is 137 Å². The largest absolute Gasteiger partial charge is 0.315 e. The Hall–Kier alpha value is -0.800. The van der Waals surface area contributed by atoms with Crippen molar-refractivity contribution in [3.05, 3.63) is 44.8 Å². The first-order valence-corrected chi connectivity index (χ1v) is 9.28. The van der Waals surface area contributed by atoms with E-state index in [4.69, 9.17) is 0 Å². The molecular weight excluding hydrogens is 374 g/mol. The van der Waals surface area contributed by atoms with Crippen LogP contribution in [0, 0.1) is 0 Å². The third-order valence-corrected chi connectivity index (χ3v) is 6.96. The van der Waals surface area contributed by atoms with Crippen LogP contribution in [0.3, 0.4) is 0 Å². The molecule has 0 amide bonds. The number of nitrogens with zero attached hydrogens (tertiary/aromatic N) is 2. The molecule has 5 nitrogen and oxygen atoms in total. The SMILES string of the molecule is CNCc1cc(S(=O)(=O)N(C)Cc2ccncc2)c(Br)s1. The highest BCUT2D eigenvalue weighted by molar-refractivity contribution is 9.11. The molecule has 1 N–H and O–H groups in total. The van der Waals surface area contributed by atoms with Gasteiger partial charge in [0.2, 0.25) is 10.0 Å². The number of rotatable bonds is 6. The van der Waals surface area contributed by atoms with Crippen LogP contribution in [0.5, 0.6) is 0 Å². The Morgan fingerprint density at radius 2 is 2.05 bits per heavy atom. The normalized spacial score (nSPS) is 12.0. The van der Waals surface area contributed by atoms with Gasteiger partial charge in [0.25, 0.3) is 0 Å². The molecule has 0 spiro atoms. The topological polar surface area (TPSA) is 62.3 Å². The number of nitrogens with one attached hydrogen (secondary N) is 1. The van der Waals surface area contributed by atoms with E-state index in [-0.39, 0.29) is 0 Å². The van der Waals surface area contributed by atoms with Gasteiger partial charge in [-0.05, 0) is 46.7 Å². The molecule has 114 valence electrons. The van der Waals surface area contributed by atoms with Crippen molar-refractivity contribution < 1.29 is 8.42 Å². The smallest absolute Gasteiger partial charge is 0.245 e. The van der Waals surface area contributed by atoms with Gasteiger partial charge in [-0.2, -0.15) is 4.31 Å². The van der Waals surface area contributed by atoms with Gasteiger partial charge in [-0.3, -0.25) is 4.98 Å². The summed E-state index contributed by atoms with van der Waals surface area (Å²) >= 11 is 4.78. The maximum atomic E-state index is 12.6. The van der Waals surface area contributed by atoms with Crippen molar-refractivity contribution >= 4 is 37.3 Å². The van der Waals surface area contributed by atoms with Crippen molar-refractivity contribution in [2.24, 2.45) is 0 Å². The van der Waals surface area contributed by atoms with Crippen LogP contribution in [0.25, 0.3) is 0 Å². The molecule has 0 atom stereocenters. The molecule has 0 aromatic carbocycles. The number of aromatic nitrogens is 1. The highest BCUT2D eigenvalue weighted by Gasteiger charge is 2.25. The van der Waals surface area contributed by atoms with E-state index in [2.05, 4.69) is 26.2 Å². The molecule has 8 heteroatoms. The number of hydrogen-bond donors (Lipinski definition) is 1. The Balaban J connectivity index is 2.24. The van der Waals surface area contributed by atoms with Gasteiger partial charge in [-0.15, -0.1) is 11.3 Å². The van der Waals surface area contributed by atoms with E-state index < -0.39 is 10.0 Å². The summed E-state index contributed by atoms with van der Waals surface area (Å²) in [6.07, 6.45) is 3.31. The van der Waals surface area contributed by atoms with E-state index in [1.807, 2.05) is 7.05 Å². The van der Waals surface area contributed by atoms with Crippen LogP contribution in [0.4, 0.5) is 0 Å². The molecule has 0 aliphatic carbocycles. The summed E-state index contributed by atoms with van der Waals surface area (Å²) in [5, 5.41) is 3.02. The molecule has 21 heavy (non-hydrogen) atoms. The molecule has 0 aliphatic heterocycles. The van der Waals surface area contributed by atoms with Crippen molar-refractivity contribution in [2.45, 2.75) is 18.0 Å². The zero-order valence-corrected chi connectivity index (χ0v) is 14.9. The quantitative estimate of drug-likeness (QED) is 0.823. The molecule has 0 radical (unpaired) electrons. The van der Waals surface area contributed by atoms with Gasteiger partial charge in [0.05, 0.1) is 3.79 Å². The van der Waals surface area contributed by atoms with Crippen molar-refractivity contribution in [1.82, 2.24) is 14.6 Å². The van der Waals surface area contributed by atoms with Gasteiger partial charge < -0.3 is 5.32 Å². The van der Waals surface area contributed by atoms with Crippen LogP contribution in [0.1, 0.15) is 10.4 Å². The number of pyridine rings is 1. The molecule has 0 unspecified atom stereocenters. The minimum absolute atomic E-state index is 0.314. The lowest BCUT2D eigenvalue weighted by molar-refractivity contribution is 0.466. The van der Waals surface area contributed by atoms with Crippen LogP contribution in [-0.2, 0) is 23.1 Å². The first-order valence-electron chi connectivity index (χ1n) is 6.23. The van der Waals surface area contributed by atoms with Gasteiger partial charge in [0, 0.05) is 37.4 Å². The van der Waals surface area contributed by atoms with E-state index in [9.17, 15) is 8.42 Å². The van der Waals surface area contributed by atoms with Crippen molar-refractivity contribution in [2.75, 3.05) is 14.1 Å². The van der Waals surface area contributed by atoms with Gasteiger partial charge >= 0.3 is 0 Å². The summed E-state index contributed by atoms with van der Waals surface area (Å²) in [5.74, 6) is 0. The fourth-order valence-corrected chi connectivity index (χ4v) is 5.63. The maximum absolute atomic E-state index is 12.6. The Morgan fingerprint density at radius 1 is 1.38 bits per heavy atom. The second-order valence-corrected chi connectivity index (χ2v) is 8.97. The zero-order chi connectivity index (χ0) is 15.5. The van der Waals surface area contributed by atoms with E-state index >= 15 is 0 Å². The lowest BCUT2D eigenvalue weighted by Crippen LogP contribution is -2.26. The van der Waals surface area contributed by atoms with Crippen molar-refractivity contribution in [3.63, 3.8) is 0 Å². The van der Waals surface area contributed by atoms with Gasteiger partial charge in [0.1, 0.15) is 4.90 Å². The molecule has 2 heterocycles. The third-order valence-electron chi connectivity index (χ3n) is 2.90. The summed E-state index contributed by atoms with van der Waals surface area (Å²) in [6.45, 7) is 0.960. The summed E-state index contributed by atoms with van der Waals surface area (Å²) in [4.78, 5) is 5.22. The first kappa shape index (κ1) is 16.6. The lowest BCUT2D eigenvalue weighted by atomic mass is 10.3. The molecule has 2 rings (SSSR count). The average Bonchev–Trinajstić information content (AvgIpc) is 2.82. The summed E-state index contributed by atoms with van der Waals surface area (Å²) in [5.41, 5.74) is 0.901. The number of hydrogen-bond acceptors (Lipinski definition) is 5. The molecule has 2 aromatic heterocycles. The number of sulfonamides is 1. The first-order chi connectivity index (χ1) is 9.95. The van der Waals surface area contributed by atoms with Gasteiger partial charge in [-0.25, -0.2) is 8.42 Å². The van der Waals surface area contributed by atoms with Gasteiger partial charge in [0.15, 0.2) is 0 Å². The molecule has 0 saturated heterocycles. The van der Waals surface area contributed by atoms with E-state index in [1.54, 1.807) is 37.6 Å². The molecular formula is C13H16BrN3O2S2. The Morgan fingerprint density at radius 3 is 2.67 bits per heavy atom. The lowest BCUT2D eigenvalue weighted by Gasteiger charge is -2.16. The second kappa shape index (κ2) is 6.97. The maximum Gasteiger partial charge on any atom is 0.245 e. The van der Waals surface area contributed by atoms with Crippen LogP contribution in [0.2, 0.25) is 0 Å².